The molecule has 0 aliphatic rings. The van der Waals surface area contributed by atoms with Crippen molar-refractivity contribution in [1.82, 2.24) is 14.8 Å². The van der Waals surface area contributed by atoms with Gasteiger partial charge in [-0.1, -0.05) is 0 Å². The van der Waals surface area contributed by atoms with E-state index in [-0.39, 0.29) is 0 Å². The Morgan fingerprint density at radius 1 is 1.53 bits per heavy atom. The predicted molar refractivity (Wildman–Crippen MR) is 62.7 cm³/mol. The summed E-state index contributed by atoms with van der Waals surface area (Å²) in [7, 11) is 3.39. The Morgan fingerprint density at radius 2 is 2.35 bits per heavy atom. The molecule has 0 spiro atoms. The molecule has 5 heteroatoms. The average molecular weight is 233 g/mol. The van der Waals surface area contributed by atoms with Crippen LogP contribution in [0.5, 0.6) is 5.88 Å². The van der Waals surface area contributed by atoms with E-state index in [0.29, 0.717) is 17.9 Å². The molecule has 0 aliphatic carbocycles. The number of ether oxygens (including phenoxy) is 1. The van der Waals surface area contributed by atoms with Gasteiger partial charge in [-0.2, -0.15) is 5.10 Å². The van der Waals surface area contributed by atoms with Crippen LogP contribution in [0, 0.1) is 0 Å². The number of methoxy groups -OCH3 is 1. The summed E-state index contributed by atoms with van der Waals surface area (Å²) in [5.41, 5.74) is 1.67. The lowest BCUT2D eigenvalue weighted by Gasteiger charge is -2.12. The molecule has 1 atom stereocenters. The van der Waals surface area contributed by atoms with Gasteiger partial charge in [0.1, 0.15) is 0 Å². The molecule has 2 aromatic rings. The largest absolute Gasteiger partial charge is 0.481 e. The average Bonchev–Trinajstić information content (AvgIpc) is 2.74. The Labute approximate surface area is 99.7 Å². The zero-order chi connectivity index (χ0) is 12.3. The molecule has 2 heterocycles. The molecule has 0 radical (unpaired) electrons. The van der Waals surface area contributed by atoms with E-state index >= 15 is 0 Å². The summed E-state index contributed by atoms with van der Waals surface area (Å²) in [6, 6.07) is 3.59. The van der Waals surface area contributed by atoms with Crippen molar-refractivity contribution < 1.29 is 9.84 Å². The van der Waals surface area contributed by atoms with E-state index in [0.717, 1.165) is 5.56 Å². The van der Waals surface area contributed by atoms with Crippen molar-refractivity contribution in [3.05, 3.63) is 41.9 Å². The van der Waals surface area contributed by atoms with E-state index in [1.165, 1.54) is 0 Å². The number of pyridine rings is 1. The topological polar surface area (TPSA) is 60.2 Å². The third-order valence-electron chi connectivity index (χ3n) is 2.54. The van der Waals surface area contributed by atoms with Crippen LogP contribution in [-0.4, -0.2) is 27.0 Å². The van der Waals surface area contributed by atoms with Gasteiger partial charge in [-0.15, -0.1) is 0 Å². The van der Waals surface area contributed by atoms with E-state index < -0.39 is 6.10 Å². The number of rotatable bonds is 4. The first-order valence-corrected chi connectivity index (χ1v) is 5.35. The Morgan fingerprint density at radius 3 is 3.00 bits per heavy atom. The van der Waals surface area contributed by atoms with Crippen molar-refractivity contribution in [2.45, 2.75) is 12.5 Å². The minimum absolute atomic E-state index is 0.462. The summed E-state index contributed by atoms with van der Waals surface area (Å²) in [5, 5.41) is 14.2. The minimum atomic E-state index is -0.636. The van der Waals surface area contributed by atoms with Crippen LogP contribution in [0.1, 0.15) is 17.2 Å². The van der Waals surface area contributed by atoms with Gasteiger partial charge in [0.2, 0.25) is 5.88 Å². The Balaban J connectivity index is 2.16. The number of aryl methyl sites for hydroxylation is 1. The van der Waals surface area contributed by atoms with Gasteiger partial charge in [0.05, 0.1) is 19.4 Å². The molecular weight excluding hydrogens is 218 g/mol. The monoisotopic (exact) mass is 233 g/mol. The third-order valence-corrected chi connectivity index (χ3v) is 2.54. The lowest BCUT2D eigenvalue weighted by molar-refractivity contribution is 0.173. The van der Waals surface area contributed by atoms with E-state index in [2.05, 4.69) is 10.1 Å². The molecule has 1 unspecified atom stereocenters. The number of hydrogen-bond acceptors (Lipinski definition) is 4. The van der Waals surface area contributed by atoms with Crippen LogP contribution in [0.15, 0.2) is 30.7 Å². The van der Waals surface area contributed by atoms with E-state index in [1.807, 2.05) is 19.3 Å². The first kappa shape index (κ1) is 11.6. The van der Waals surface area contributed by atoms with Crippen LogP contribution < -0.4 is 4.74 Å². The quantitative estimate of drug-likeness (QED) is 0.859. The molecule has 2 rings (SSSR count). The Hall–Kier alpha value is -1.88. The normalized spacial score (nSPS) is 12.4. The molecular formula is C12H15N3O2. The Kier molecular flexibility index (Phi) is 3.39. The summed E-state index contributed by atoms with van der Waals surface area (Å²) in [4.78, 5) is 4.06. The van der Waals surface area contributed by atoms with Gasteiger partial charge < -0.3 is 9.84 Å². The number of aromatic nitrogens is 3. The van der Waals surface area contributed by atoms with Crippen molar-refractivity contribution in [3.63, 3.8) is 0 Å². The fourth-order valence-electron chi connectivity index (χ4n) is 1.74. The third kappa shape index (κ3) is 2.62. The van der Waals surface area contributed by atoms with Gasteiger partial charge in [-0.25, -0.2) is 4.98 Å². The van der Waals surface area contributed by atoms with Crippen LogP contribution in [-0.2, 0) is 13.5 Å². The second-order valence-corrected chi connectivity index (χ2v) is 3.84. The molecule has 0 fully saturated rings. The van der Waals surface area contributed by atoms with Gasteiger partial charge in [0, 0.05) is 31.4 Å². The van der Waals surface area contributed by atoms with Gasteiger partial charge in [0.25, 0.3) is 0 Å². The zero-order valence-corrected chi connectivity index (χ0v) is 9.87. The van der Waals surface area contributed by atoms with Crippen molar-refractivity contribution in [3.8, 4) is 5.88 Å². The van der Waals surface area contributed by atoms with Crippen LogP contribution in [0.2, 0.25) is 0 Å². The van der Waals surface area contributed by atoms with Crippen LogP contribution in [0.4, 0.5) is 0 Å². The van der Waals surface area contributed by atoms with Crippen molar-refractivity contribution in [2.24, 2.45) is 7.05 Å². The van der Waals surface area contributed by atoms with Gasteiger partial charge in [-0.05, 0) is 17.7 Å². The van der Waals surface area contributed by atoms with E-state index in [1.54, 1.807) is 30.3 Å². The molecule has 90 valence electrons. The molecule has 0 amide bonds. The van der Waals surface area contributed by atoms with Gasteiger partial charge in [0.15, 0.2) is 0 Å². The lowest BCUT2D eigenvalue weighted by atomic mass is 10.1. The predicted octanol–water partition coefficient (Wildman–Crippen LogP) is 1.10. The van der Waals surface area contributed by atoms with Crippen LogP contribution in [0.25, 0.3) is 0 Å². The summed E-state index contributed by atoms with van der Waals surface area (Å²) in [5.74, 6) is 0.462. The highest BCUT2D eigenvalue weighted by Crippen LogP contribution is 2.24. The summed E-state index contributed by atoms with van der Waals surface area (Å²) >= 11 is 0. The van der Waals surface area contributed by atoms with Crippen molar-refractivity contribution in [1.29, 1.82) is 0 Å². The maximum atomic E-state index is 10.1. The maximum Gasteiger partial charge on any atom is 0.218 e. The van der Waals surface area contributed by atoms with Crippen molar-refractivity contribution in [2.75, 3.05) is 7.11 Å². The molecule has 0 aliphatic heterocycles. The second kappa shape index (κ2) is 4.97. The van der Waals surface area contributed by atoms with Crippen LogP contribution in [0.3, 0.4) is 0 Å². The summed E-state index contributed by atoms with van der Waals surface area (Å²) < 4.78 is 6.83. The summed E-state index contributed by atoms with van der Waals surface area (Å²) in [6.07, 6.45) is 5.12. The first-order chi connectivity index (χ1) is 8.20. The molecule has 0 aromatic carbocycles. The number of aliphatic hydroxyl groups is 1. The number of nitrogens with zero attached hydrogens (tertiary/aromatic N) is 3. The second-order valence-electron chi connectivity index (χ2n) is 3.84. The number of aliphatic hydroxyl groups excluding tert-OH is 1. The van der Waals surface area contributed by atoms with Gasteiger partial charge in [-0.3, -0.25) is 4.68 Å². The highest BCUT2D eigenvalue weighted by molar-refractivity contribution is 5.28. The molecule has 0 bridgehead atoms. The SMILES string of the molecule is COc1ncccc1C(O)Cc1cnn(C)c1. The van der Waals surface area contributed by atoms with E-state index in [9.17, 15) is 5.11 Å². The standard InChI is InChI=1S/C12H15N3O2/c1-15-8-9(7-14-15)6-11(16)10-4-3-5-13-12(10)17-2/h3-5,7-8,11,16H,6H2,1-2H3. The van der Waals surface area contributed by atoms with Crippen LogP contribution >= 0.6 is 0 Å². The molecule has 17 heavy (non-hydrogen) atoms. The van der Waals surface area contributed by atoms with Gasteiger partial charge >= 0.3 is 0 Å². The highest BCUT2D eigenvalue weighted by Gasteiger charge is 2.15. The fourth-order valence-corrected chi connectivity index (χ4v) is 1.74. The smallest absolute Gasteiger partial charge is 0.218 e. The zero-order valence-electron chi connectivity index (χ0n) is 9.87. The molecule has 0 saturated carbocycles. The maximum absolute atomic E-state index is 10.1. The fraction of sp³-hybridized carbons (Fsp3) is 0.333. The summed E-state index contributed by atoms with van der Waals surface area (Å²) in [6.45, 7) is 0. The Bertz CT molecular complexity index is 496. The molecule has 2 aromatic heterocycles. The molecule has 5 nitrogen and oxygen atoms in total. The minimum Gasteiger partial charge on any atom is -0.481 e. The molecule has 0 saturated heterocycles. The highest BCUT2D eigenvalue weighted by atomic mass is 16.5. The lowest BCUT2D eigenvalue weighted by Crippen LogP contribution is -2.04. The van der Waals surface area contributed by atoms with E-state index in [4.69, 9.17) is 4.74 Å². The molecule has 1 N–H and O–H groups in total. The first-order valence-electron chi connectivity index (χ1n) is 5.35. The van der Waals surface area contributed by atoms with Crippen molar-refractivity contribution >= 4 is 0 Å². The number of hydrogen-bond donors (Lipinski definition) is 1.